The van der Waals surface area contributed by atoms with E-state index >= 15 is 0 Å². The molecule has 0 radical (unpaired) electrons. The molecular weight excluding hydrogens is 286 g/mol. The van der Waals surface area contributed by atoms with Crippen LogP contribution >= 0.6 is 0 Å². The first-order valence-electron chi connectivity index (χ1n) is 7.98. The fourth-order valence-electron chi connectivity index (χ4n) is 1.51. The summed E-state index contributed by atoms with van der Waals surface area (Å²) in [5.74, 6) is -0.319. The van der Waals surface area contributed by atoms with Crippen molar-refractivity contribution in [1.82, 2.24) is 5.32 Å². The maximum absolute atomic E-state index is 11.4. The Hall–Kier alpha value is -1.30. The lowest BCUT2D eigenvalue weighted by atomic mass is 10.2. The smallest absolute Gasteiger partial charge is 0.407 e. The van der Waals surface area contributed by atoms with Crippen LogP contribution in [0.1, 0.15) is 60.3 Å². The summed E-state index contributed by atoms with van der Waals surface area (Å²) < 4.78 is 15.5. The fraction of sp³-hybridized carbons (Fsp3) is 0.875. The highest BCUT2D eigenvalue weighted by Crippen LogP contribution is 2.06. The zero-order valence-electron chi connectivity index (χ0n) is 14.6. The molecule has 1 atom stereocenters. The van der Waals surface area contributed by atoms with Crippen LogP contribution in [0, 0.1) is 0 Å². The molecule has 0 aliphatic carbocycles. The summed E-state index contributed by atoms with van der Waals surface area (Å²) in [5, 5.41) is 2.70. The molecule has 0 heterocycles. The summed E-state index contributed by atoms with van der Waals surface area (Å²) in [7, 11) is 0. The van der Waals surface area contributed by atoms with Gasteiger partial charge >= 0.3 is 12.1 Å². The Bertz CT molecular complexity index is 325. The topological polar surface area (TPSA) is 73.9 Å². The van der Waals surface area contributed by atoms with Gasteiger partial charge in [-0.25, -0.2) is 9.59 Å². The van der Waals surface area contributed by atoms with E-state index in [2.05, 4.69) is 5.32 Å². The number of amides is 1. The van der Waals surface area contributed by atoms with Gasteiger partial charge in [0.2, 0.25) is 0 Å². The molecule has 0 bridgehead atoms. The van der Waals surface area contributed by atoms with Crippen LogP contribution in [0.2, 0.25) is 0 Å². The van der Waals surface area contributed by atoms with Crippen LogP contribution < -0.4 is 5.32 Å². The maximum Gasteiger partial charge on any atom is 0.407 e. The van der Waals surface area contributed by atoms with Crippen molar-refractivity contribution in [2.24, 2.45) is 0 Å². The Morgan fingerprint density at radius 3 is 2.41 bits per heavy atom. The van der Waals surface area contributed by atoms with E-state index in [0.717, 1.165) is 25.7 Å². The summed E-state index contributed by atoms with van der Waals surface area (Å²) in [6.45, 7) is 10.4. The Kier molecular flexibility index (Phi) is 10.6. The van der Waals surface area contributed by atoms with Crippen LogP contribution in [0.15, 0.2) is 0 Å². The number of unbranched alkanes of at least 4 members (excludes halogenated alkanes) is 2. The lowest BCUT2D eigenvalue weighted by Crippen LogP contribution is -2.33. The minimum atomic E-state index is -0.470. The number of hydrogen-bond donors (Lipinski definition) is 1. The van der Waals surface area contributed by atoms with Crippen LogP contribution in [-0.2, 0) is 19.0 Å². The van der Waals surface area contributed by atoms with Crippen molar-refractivity contribution in [3.05, 3.63) is 0 Å². The second-order valence-electron chi connectivity index (χ2n) is 6.25. The number of carbonyl (C=O) groups is 2. The van der Waals surface area contributed by atoms with Gasteiger partial charge in [-0.2, -0.15) is 0 Å². The average molecular weight is 317 g/mol. The highest BCUT2D eigenvalue weighted by Gasteiger charge is 2.15. The van der Waals surface area contributed by atoms with Crippen molar-refractivity contribution in [3.63, 3.8) is 0 Å². The van der Waals surface area contributed by atoms with E-state index in [0.29, 0.717) is 13.2 Å². The SMILES string of the molecule is CCC(C)OC(=O)COCCCCCNC(=O)OC(C)(C)C. The van der Waals surface area contributed by atoms with Gasteiger partial charge in [0.15, 0.2) is 0 Å². The minimum Gasteiger partial charge on any atom is -0.461 e. The molecule has 0 saturated heterocycles. The standard InChI is InChI=1S/C16H31NO5/c1-6-13(2)21-14(18)12-20-11-9-7-8-10-17-15(19)22-16(3,4)5/h13H,6-12H2,1-5H3,(H,17,19). The molecule has 22 heavy (non-hydrogen) atoms. The molecule has 0 saturated carbocycles. The number of hydrogen-bond acceptors (Lipinski definition) is 5. The van der Waals surface area contributed by atoms with E-state index in [-0.39, 0.29) is 18.7 Å². The van der Waals surface area contributed by atoms with Gasteiger partial charge in [0, 0.05) is 13.2 Å². The van der Waals surface area contributed by atoms with Crippen LogP contribution in [0.25, 0.3) is 0 Å². The summed E-state index contributed by atoms with van der Waals surface area (Å²) in [4.78, 5) is 22.7. The first kappa shape index (κ1) is 20.7. The molecule has 1 amide bonds. The zero-order chi connectivity index (χ0) is 17.0. The van der Waals surface area contributed by atoms with Crippen LogP contribution in [0.4, 0.5) is 4.79 Å². The molecule has 0 aliphatic heterocycles. The van der Waals surface area contributed by atoms with Crippen LogP contribution in [-0.4, -0.2) is 43.5 Å². The van der Waals surface area contributed by atoms with Gasteiger partial charge in [-0.05, 0) is 53.4 Å². The number of rotatable bonds is 10. The van der Waals surface area contributed by atoms with Crippen molar-refractivity contribution in [1.29, 1.82) is 0 Å². The number of ether oxygens (including phenoxy) is 3. The Morgan fingerprint density at radius 1 is 1.14 bits per heavy atom. The fourth-order valence-corrected chi connectivity index (χ4v) is 1.51. The first-order chi connectivity index (χ1) is 10.2. The number of carbonyl (C=O) groups excluding carboxylic acids is 2. The largest absolute Gasteiger partial charge is 0.461 e. The molecule has 0 aromatic rings. The average Bonchev–Trinajstić information content (AvgIpc) is 2.39. The van der Waals surface area contributed by atoms with E-state index in [1.165, 1.54) is 0 Å². The first-order valence-corrected chi connectivity index (χ1v) is 7.98. The lowest BCUT2D eigenvalue weighted by Gasteiger charge is -2.19. The van der Waals surface area contributed by atoms with Gasteiger partial charge in [0.05, 0.1) is 6.10 Å². The summed E-state index contributed by atoms with van der Waals surface area (Å²) in [6, 6.07) is 0. The number of alkyl carbamates (subject to hydrolysis) is 1. The van der Waals surface area contributed by atoms with E-state index in [4.69, 9.17) is 14.2 Å². The Balaban J connectivity index is 3.41. The molecule has 6 heteroatoms. The Morgan fingerprint density at radius 2 is 1.82 bits per heavy atom. The predicted octanol–water partition coefficient (Wildman–Crippen LogP) is 3.04. The monoisotopic (exact) mass is 317 g/mol. The molecule has 0 aliphatic rings. The molecule has 0 aromatic carbocycles. The lowest BCUT2D eigenvalue weighted by molar-refractivity contribution is -0.153. The highest BCUT2D eigenvalue weighted by molar-refractivity contribution is 5.70. The van der Waals surface area contributed by atoms with Crippen molar-refractivity contribution in [3.8, 4) is 0 Å². The van der Waals surface area contributed by atoms with Gasteiger partial charge in [-0.1, -0.05) is 6.92 Å². The van der Waals surface area contributed by atoms with E-state index in [9.17, 15) is 9.59 Å². The van der Waals surface area contributed by atoms with Crippen molar-refractivity contribution in [2.45, 2.75) is 72.0 Å². The number of esters is 1. The third-order valence-corrected chi connectivity index (χ3v) is 2.76. The van der Waals surface area contributed by atoms with Crippen molar-refractivity contribution >= 4 is 12.1 Å². The van der Waals surface area contributed by atoms with Gasteiger partial charge < -0.3 is 19.5 Å². The summed E-state index contributed by atoms with van der Waals surface area (Å²) >= 11 is 0. The van der Waals surface area contributed by atoms with Crippen molar-refractivity contribution < 1.29 is 23.8 Å². The number of nitrogens with one attached hydrogen (secondary N) is 1. The second kappa shape index (κ2) is 11.3. The van der Waals surface area contributed by atoms with Gasteiger partial charge in [-0.15, -0.1) is 0 Å². The molecule has 1 unspecified atom stereocenters. The molecule has 0 spiro atoms. The van der Waals surface area contributed by atoms with Gasteiger partial charge in [0.1, 0.15) is 12.2 Å². The maximum atomic E-state index is 11.4. The third kappa shape index (κ3) is 13.7. The summed E-state index contributed by atoms with van der Waals surface area (Å²) in [6.07, 6.45) is 2.95. The van der Waals surface area contributed by atoms with E-state index in [1.54, 1.807) is 0 Å². The van der Waals surface area contributed by atoms with Crippen molar-refractivity contribution in [2.75, 3.05) is 19.8 Å². The molecule has 6 nitrogen and oxygen atoms in total. The van der Waals surface area contributed by atoms with E-state index in [1.807, 2.05) is 34.6 Å². The molecule has 1 N–H and O–H groups in total. The van der Waals surface area contributed by atoms with Crippen LogP contribution in [0.5, 0.6) is 0 Å². The zero-order valence-corrected chi connectivity index (χ0v) is 14.6. The van der Waals surface area contributed by atoms with Crippen LogP contribution in [0.3, 0.4) is 0 Å². The normalized spacial score (nSPS) is 12.6. The summed E-state index contributed by atoms with van der Waals surface area (Å²) in [5.41, 5.74) is -0.470. The third-order valence-electron chi connectivity index (χ3n) is 2.76. The van der Waals surface area contributed by atoms with Gasteiger partial charge in [0.25, 0.3) is 0 Å². The minimum absolute atomic E-state index is 0.000495. The van der Waals surface area contributed by atoms with Gasteiger partial charge in [-0.3, -0.25) is 0 Å². The molecule has 0 rings (SSSR count). The quantitative estimate of drug-likeness (QED) is 0.495. The molecule has 0 fully saturated rings. The molecular formula is C16H31NO5. The highest BCUT2D eigenvalue weighted by atomic mass is 16.6. The Labute approximate surface area is 133 Å². The second-order valence-corrected chi connectivity index (χ2v) is 6.25. The molecule has 130 valence electrons. The molecule has 0 aromatic heterocycles. The van der Waals surface area contributed by atoms with E-state index < -0.39 is 11.7 Å². The predicted molar refractivity (Wildman–Crippen MR) is 84.8 cm³/mol.